The molecule has 1 aliphatic heterocycles. The molecule has 0 radical (unpaired) electrons. The Balaban J connectivity index is 2.27. The summed E-state index contributed by atoms with van der Waals surface area (Å²) >= 11 is 11.4. The van der Waals surface area contributed by atoms with Crippen molar-refractivity contribution in [2.24, 2.45) is 0 Å². The minimum Gasteiger partial charge on any atom is -0.475 e. The van der Waals surface area contributed by atoms with E-state index in [2.05, 4.69) is 4.98 Å². The maximum Gasteiger partial charge on any atom is 0.333 e. The number of aromatic amines is 1. The van der Waals surface area contributed by atoms with Crippen LogP contribution >= 0.6 is 23.8 Å². The van der Waals surface area contributed by atoms with Gasteiger partial charge in [0.2, 0.25) is 5.88 Å². The third-order valence-corrected chi connectivity index (χ3v) is 4.30. The molecule has 104 valence electrons. The Bertz CT molecular complexity index is 779. The summed E-state index contributed by atoms with van der Waals surface area (Å²) in [5.41, 5.74) is 1.26. The number of fused-ring (bicyclic) bond motifs is 1. The van der Waals surface area contributed by atoms with Crippen molar-refractivity contribution in [1.29, 1.82) is 0 Å². The molecule has 2 aromatic rings. The molecule has 2 atom stereocenters. The molecule has 1 aromatic carbocycles. The molecule has 2 heterocycles. The van der Waals surface area contributed by atoms with E-state index in [1.807, 2.05) is 13.8 Å². The van der Waals surface area contributed by atoms with Crippen molar-refractivity contribution >= 4 is 23.8 Å². The fraction of sp³-hybridized carbons (Fsp3) is 0.286. The lowest BCUT2D eigenvalue weighted by molar-refractivity contribution is 0.225. The molecule has 0 amide bonds. The molecular formula is C14H13ClN2O2S. The summed E-state index contributed by atoms with van der Waals surface area (Å²) in [5, 5.41) is 0.614. The number of hydrogen-bond acceptors (Lipinski definition) is 3. The van der Waals surface area contributed by atoms with Gasteiger partial charge in [-0.1, -0.05) is 30.7 Å². The summed E-state index contributed by atoms with van der Waals surface area (Å²) in [7, 11) is 0. The van der Waals surface area contributed by atoms with Gasteiger partial charge in [0.1, 0.15) is 10.7 Å². The summed E-state index contributed by atoms with van der Waals surface area (Å²) in [5.74, 6) is 0.637. The molecule has 2 unspecified atom stereocenters. The second-order valence-electron chi connectivity index (χ2n) is 4.90. The molecule has 1 aliphatic rings. The van der Waals surface area contributed by atoms with Crippen LogP contribution in [0.4, 0.5) is 0 Å². The van der Waals surface area contributed by atoms with Gasteiger partial charge in [0.25, 0.3) is 0 Å². The second-order valence-corrected chi connectivity index (χ2v) is 5.72. The van der Waals surface area contributed by atoms with Gasteiger partial charge >= 0.3 is 5.69 Å². The van der Waals surface area contributed by atoms with Crippen molar-refractivity contribution in [3.8, 4) is 11.6 Å². The first-order chi connectivity index (χ1) is 9.49. The fourth-order valence-corrected chi connectivity index (χ4v) is 2.96. The highest BCUT2D eigenvalue weighted by Crippen LogP contribution is 2.36. The quantitative estimate of drug-likeness (QED) is 0.821. The zero-order chi connectivity index (χ0) is 14.4. The van der Waals surface area contributed by atoms with Crippen molar-refractivity contribution < 1.29 is 4.74 Å². The van der Waals surface area contributed by atoms with Gasteiger partial charge in [-0.05, 0) is 31.2 Å². The first-order valence-electron chi connectivity index (χ1n) is 6.31. The molecule has 6 heteroatoms. The summed E-state index contributed by atoms with van der Waals surface area (Å²) in [6.45, 7) is 4.00. The van der Waals surface area contributed by atoms with Crippen molar-refractivity contribution in [2.45, 2.75) is 25.9 Å². The lowest BCUT2D eigenvalue weighted by Gasteiger charge is -2.10. The van der Waals surface area contributed by atoms with Crippen molar-refractivity contribution in [3.63, 3.8) is 0 Å². The van der Waals surface area contributed by atoms with Crippen LogP contribution in [0.1, 0.15) is 25.3 Å². The number of halogens is 1. The fourth-order valence-electron chi connectivity index (χ4n) is 2.37. The lowest BCUT2D eigenvalue weighted by Crippen LogP contribution is -2.23. The monoisotopic (exact) mass is 308 g/mol. The van der Waals surface area contributed by atoms with Crippen LogP contribution in [0, 0.1) is 4.64 Å². The van der Waals surface area contributed by atoms with Gasteiger partial charge in [-0.3, -0.25) is 9.55 Å². The molecule has 0 bridgehead atoms. The van der Waals surface area contributed by atoms with Crippen molar-refractivity contribution in [3.05, 3.63) is 50.0 Å². The summed E-state index contributed by atoms with van der Waals surface area (Å²) in [6.07, 6.45) is 0.00316. The summed E-state index contributed by atoms with van der Waals surface area (Å²) in [6, 6.07) is 7.00. The van der Waals surface area contributed by atoms with E-state index >= 15 is 0 Å². The van der Waals surface area contributed by atoms with Gasteiger partial charge in [-0.2, -0.15) is 0 Å². The van der Waals surface area contributed by atoms with E-state index in [4.69, 9.17) is 28.6 Å². The first-order valence-corrected chi connectivity index (χ1v) is 7.09. The van der Waals surface area contributed by atoms with E-state index in [0.29, 0.717) is 21.2 Å². The smallest absolute Gasteiger partial charge is 0.333 e. The predicted octanol–water partition coefficient (Wildman–Crippen LogP) is 3.43. The largest absolute Gasteiger partial charge is 0.475 e. The van der Waals surface area contributed by atoms with E-state index in [0.717, 1.165) is 5.56 Å². The number of ether oxygens (including phenoxy) is 1. The zero-order valence-corrected chi connectivity index (χ0v) is 12.6. The molecule has 0 spiro atoms. The second kappa shape index (κ2) is 4.75. The van der Waals surface area contributed by atoms with Crippen LogP contribution in [0.15, 0.2) is 29.1 Å². The number of rotatable bonds is 1. The van der Waals surface area contributed by atoms with Gasteiger partial charge < -0.3 is 4.74 Å². The molecule has 0 saturated heterocycles. The zero-order valence-electron chi connectivity index (χ0n) is 11.0. The maximum absolute atomic E-state index is 12.2. The lowest BCUT2D eigenvalue weighted by atomic mass is 10.0. The van der Waals surface area contributed by atoms with Gasteiger partial charge in [-0.15, -0.1) is 0 Å². The minimum absolute atomic E-state index is 0.00316. The molecule has 1 N–H and O–H groups in total. The number of nitrogens with one attached hydrogen (secondary N) is 1. The van der Waals surface area contributed by atoms with E-state index in [9.17, 15) is 4.79 Å². The molecule has 0 aliphatic carbocycles. The normalized spacial score (nSPS) is 20.6. The number of benzene rings is 1. The van der Waals surface area contributed by atoms with E-state index in [-0.39, 0.29) is 17.7 Å². The van der Waals surface area contributed by atoms with Gasteiger partial charge in [-0.25, -0.2) is 4.79 Å². The molecule has 1 aromatic heterocycles. The summed E-state index contributed by atoms with van der Waals surface area (Å²) < 4.78 is 7.60. The topological polar surface area (TPSA) is 47.0 Å². The first kappa shape index (κ1) is 13.4. The number of hydrogen-bond donors (Lipinski definition) is 1. The average molecular weight is 309 g/mol. The van der Waals surface area contributed by atoms with Crippen LogP contribution in [0.2, 0.25) is 5.02 Å². The van der Waals surface area contributed by atoms with E-state index in [1.54, 1.807) is 24.3 Å². The highest BCUT2D eigenvalue weighted by atomic mass is 35.5. The minimum atomic E-state index is -0.308. The number of H-pyrrole nitrogens is 1. The molecule has 3 rings (SSSR count). The Labute approximate surface area is 126 Å². The van der Waals surface area contributed by atoms with Crippen LogP contribution < -0.4 is 10.4 Å². The van der Waals surface area contributed by atoms with E-state index in [1.165, 1.54) is 4.57 Å². The van der Waals surface area contributed by atoms with Gasteiger partial charge in [0, 0.05) is 10.9 Å². The van der Waals surface area contributed by atoms with Gasteiger partial charge in [0.05, 0.1) is 11.3 Å². The van der Waals surface area contributed by atoms with Crippen molar-refractivity contribution in [2.75, 3.05) is 0 Å². The third-order valence-electron chi connectivity index (χ3n) is 3.65. The molecule has 0 fully saturated rings. The maximum atomic E-state index is 12.2. The highest BCUT2D eigenvalue weighted by Gasteiger charge is 2.31. The standard InChI is InChI=1S/C14H13ClN2O2S/c1-7-8(2)19-12-11(7)13(20)17(14(18)16-12)10-5-3-9(15)4-6-10/h3-8H,1-2H3,(H,16,18). The highest BCUT2D eigenvalue weighted by molar-refractivity contribution is 7.71. The molecular weight excluding hydrogens is 296 g/mol. The SMILES string of the molecule is CC1Oc2[nH]c(=O)n(-c3ccc(Cl)cc3)c(=S)c2C1C. The molecule has 20 heavy (non-hydrogen) atoms. The van der Waals surface area contributed by atoms with Crippen LogP contribution in [0.25, 0.3) is 5.69 Å². The molecule has 0 saturated carbocycles. The van der Waals surface area contributed by atoms with Crippen LogP contribution in [0.3, 0.4) is 0 Å². The van der Waals surface area contributed by atoms with Crippen LogP contribution in [-0.4, -0.2) is 15.7 Å². The Morgan fingerprint density at radius 2 is 1.95 bits per heavy atom. The third kappa shape index (κ3) is 1.98. The Kier molecular flexibility index (Phi) is 3.18. The Morgan fingerprint density at radius 3 is 2.60 bits per heavy atom. The van der Waals surface area contributed by atoms with Crippen LogP contribution in [-0.2, 0) is 0 Å². The average Bonchev–Trinajstić information content (AvgIpc) is 2.67. The predicted molar refractivity (Wildman–Crippen MR) is 80.7 cm³/mol. The Morgan fingerprint density at radius 1 is 1.30 bits per heavy atom. The number of nitrogens with zero attached hydrogens (tertiary/aromatic N) is 1. The Hall–Kier alpha value is -1.59. The summed E-state index contributed by atoms with van der Waals surface area (Å²) in [4.78, 5) is 15.0. The van der Waals surface area contributed by atoms with Crippen LogP contribution in [0.5, 0.6) is 5.88 Å². The molecule has 4 nitrogen and oxygen atoms in total. The van der Waals surface area contributed by atoms with E-state index < -0.39 is 0 Å². The van der Waals surface area contributed by atoms with Gasteiger partial charge in [0.15, 0.2) is 0 Å². The number of aromatic nitrogens is 2. The van der Waals surface area contributed by atoms with Crippen molar-refractivity contribution in [1.82, 2.24) is 9.55 Å².